The molecule has 0 radical (unpaired) electrons. The number of rotatable bonds is 18. The van der Waals surface area contributed by atoms with Gasteiger partial charge in [0, 0.05) is 50.7 Å². The third kappa shape index (κ3) is 9.22. The standard InChI is InChI=1S/C40H44N12O8/c1-41-38(57)33-28(20-30(48-49-33)46-36(55)22-10-11-22)45-27-8-6-7-25(34(27)60-2)35-44-21-51(50-35)18-17-43-31(53)9-4-3-5-16-42-23-12-13-24-26(19-23)40(59)52(39(24)58)29-14-15-32(54)47-37(29)56/h6-8,12-13,19-22,29,42H,3-5,9-11,14-18H2,1-2H3,(H,41,57)(H,43,53)(H,47,54,56)(H2,45,46,48,55). The topological polar surface area (TPSA) is 261 Å². The molecule has 1 unspecified atom stereocenters. The minimum absolute atomic E-state index is 0.0191. The number of piperidine rings is 1. The van der Waals surface area contributed by atoms with Crippen LogP contribution in [0.5, 0.6) is 5.75 Å². The zero-order chi connectivity index (χ0) is 42.3. The number of hydrogen-bond donors (Lipinski definition) is 6. The van der Waals surface area contributed by atoms with Gasteiger partial charge in [-0.25, -0.2) is 4.98 Å². The molecule has 2 aromatic heterocycles. The highest BCUT2D eigenvalue weighted by molar-refractivity contribution is 6.23. The Morgan fingerprint density at radius 1 is 0.900 bits per heavy atom. The Morgan fingerprint density at radius 2 is 1.72 bits per heavy atom. The quantitative estimate of drug-likeness (QED) is 0.0623. The van der Waals surface area contributed by atoms with Crippen LogP contribution in [0, 0.1) is 5.92 Å². The maximum atomic E-state index is 13.1. The summed E-state index contributed by atoms with van der Waals surface area (Å²) in [4.78, 5) is 92.8. The summed E-state index contributed by atoms with van der Waals surface area (Å²) < 4.78 is 7.37. The molecule has 1 saturated carbocycles. The predicted molar refractivity (Wildman–Crippen MR) is 215 cm³/mol. The first kappa shape index (κ1) is 40.9. The maximum Gasteiger partial charge on any atom is 0.273 e. The average Bonchev–Trinajstić information content (AvgIpc) is 3.95. The molecule has 1 atom stereocenters. The predicted octanol–water partition coefficient (Wildman–Crippen LogP) is 2.39. The van der Waals surface area contributed by atoms with Crippen molar-refractivity contribution in [1.82, 2.24) is 45.8 Å². The Hall–Kier alpha value is -7.25. The second kappa shape index (κ2) is 18.1. The van der Waals surface area contributed by atoms with Gasteiger partial charge in [0.15, 0.2) is 23.1 Å². The SMILES string of the molecule is CNC(=O)c1nnc(NC(=O)C2CC2)cc1Nc1cccc(-c2ncn(CCNC(=O)CCCCCNc3ccc4c(c3)C(=O)N(C3CCC(=O)NC3=O)C4=O)n2)c1OC. The molecule has 20 heteroatoms. The number of imide groups is 2. The first-order valence-corrected chi connectivity index (χ1v) is 19.6. The van der Waals surface area contributed by atoms with Crippen molar-refractivity contribution in [3.05, 3.63) is 65.6 Å². The summed E-state index contributed by atoms with van der Waals surface area (Å²) in [6, 6.07) is 10.7. The summed E-state index contributed by atoms with van der Waals surface area (Å²) in [5, 5.41) is 29.5. The van der Waals surface area contributed by atoms with E-state index in [-0.39, 0.29) is 53.2 Å². The number of hydrogen-bond acceptors (Lipinski definition) is 14. The van der Waals surface area contributed by atoms with Crippen LogP contribution in [0.2, 0.25) is 0 Å². The minimum Gasteiger partial charge on any atom is -0.494 e. The van der Waals surface area contributed by atoms with Crippen LogP contribution < -0.4 is 36.6 Å². The van der Waals surface area contributed by atoms with Gasteiger partial charge < -0.3 is 31.3 Å². The van der Waals surface area contributed by atoms with Crippen LogP contribution in [-0.2, 0) is 25.7 Å². The fourth-order valence-corrected chi connectivity index (χ4v) is 6.91. The molecule has 4 aromatic rings. The van der Waals surface area contributed by atoms with Gasteiger partial charge in [-0.05, 0) is 62.4 Å². The van der Waals surface area contributed by atoms with Crippen molar-refractivity contribution in [2.24, 2.45) is 5.92 Å². The lowest BCUT2D eigenvalue weighted by Gasteiger charge is -2.27. The van der Waals surface area contributed by atoms with Gasteiger partial charge >= 0.3 is 0 Å². The number of anilines is 4. The molecule has 1 aliphatic carbocycles. The molecular weight excluding hydrogens is 777 g/mol. The highest BCUT2D eigenvalue weighted by atomic mass is 16.5. The largest absolute Gasteiger partial charge is 0.494 e. The van der Waals surface area contributed by atoms with Crippen molar-refractivity contribution in [2.45, 2.75) is 64.0 Å². The number of benzene rings is 2. The molecule has 2 aromatic carbocycles. The van der Waals surface area contributed by atoms with Gasteiger partial charge in [0.1, 0.15) is 12.4 Å². The summed E-state index contributed by atoms with van der Waals surface area (Å²) in [5.74, 6) is -1.97. The molecule has 2 aliphatic heterocycles. The number of carbonyl (C=O) groups is 7. The zero-order valence-corrected chi connectivity index (χ0v) is 33.0. The van der Waals surface area contributed by atoms with E-state index < -0.39 is 35.6 Å². The van der Waals surface area contributed by atoms with Crippen LogP contribution in [0.25, 0.3) is 11.4 Å². The van der Waals surface area contributed by atoms with Crippen molar-refractivity contribution < 1.29 is 38.3 Å². The Kier molecular flexibility index (Phi) is 12.4. The van der Waals surface area contributed by atoms with E-state index in [9.17, 15) is 33.6 Å². The van der Waals surface area contributed by atoms with Crippen LogP contribution >= 0.6 is 0 Å². The third-order valence-electron chi connectivity index (χ3n) is 10.2. The first-order valence-electron chi connectivity index (χ1n) is 19.6. The maximum absolute atomic E-state index is 13.1. The number of para-hydroxylation sites is 1. The molecule has 0 spiro atoms. The van der Waals surface area contributed by atoms with E-state index in [4.69, 9.17) is 4.74 Å². The number of methoxy groups -OCH3 is 1. The summed E-state index contributed by atoms with van der Waals surface area (Å²) in [7, 11) is 2.98. The summed E-state index contributed by atoms with van der Waals surface area (Å²) in [6.07, 6.45) is 5.89. The molecule has 2 fully saturated rings. The molecule has 20 nitrogen and oxygen atoms in total. The van der Waals surface area contributed by atoms with Gasteiger partial charge in [0.25, 0.3) is 17.7 Å². The zero-order valence-electron chi connectivity index (χ0n) is 33.0. The normalized spacial score (nSPS) is 15.9. The summed E-state index contributed by atoms with van der Waals surface area (Å²) in [5.41, 5.74) is 2.46. The Labute approximate surface area is 343 Å². The lowest BCUT2D eigenvalue weighted by atomic mass is 10.0. The molecule has 312 valence electrons. The number of nitrogens with zero attached hydrogens (tertiary/aromatic N) is 6. The number of fused-ring (bicyclic) bond motifs is 1. The highest BCUT2D eigenvalue weighted by Crippen LogP contribution is 2.37. The van der Waals surface area contributed by atoms with Gasteiger partial charge in [-0.1, -0.05) is 12.5 Å². The Bertz CT molecular complexity index is 2360. The molecule has 3 aliphatic rings. The van der Waals surface area contributed by atoms with Crippen LogP contribution in [0.1, 0.15) is 82.6 Å². The van der Waals surface area contributed by atoms with Gasteiger partial charge in [-0.15, -0.1) is 10.2 Å². The van der Waals surface area contributed by atoms with Crippen LogP contribution in [0.4, 0.5) is 22.9 Å². The van der Waals surface area contributed by atoms with Crippen molar-refractivity contribution in [2.75, 3.05) is 43.2 Å². The fourth-order valence-electron chi connectivity index (χ4n) is 6.91. The van der Waals surface area contributed by atoms with E-state index in [2.05, 4.69) is 52.2 Å². The van der Waals surface area contributed by atoms with E-state index in [1.807, 2.05) is 0 Å². The Morgan fingerprint density at radius 3 is 2.48 bits per heavy atom. The molecule has 1 saturated heterocycles. The van der Waals surface area contributed by atoms with Gasteiger partial charge in [0.05, 0.1) is 41.7 Å². The molecule has 6 N–H and O–H groups in total. The first-order chi connectivity index (χ1) is 29.0. The van der Waals surface area contributed by atoms with Gasteiger partial charge in [0.2, 0.25) is 23.6 Å². The van der Waals surface area contributed by atoms with Crippen molar-refractivity contribution >= 4 is 64.2 Å². The van der Waals surface area contributed by atoms with Crippen LogP contribution in [0.15, 0.2) is 48.8 Å². The number of amides is 7. The molecular formula is C40H44N12O8. The van der Waals surface area contributed by atoms with Crippen LogP contribution in [0.3, 0.4) is 0 Å². The molecule has 0 bridgehead atoms. The van der Waals surface area contributed by atoms with Gasteiger partial charge in [-0.3, -0.25) is 48.5 Å². The third-order valence-corrected chi connectivity index (χ3v) is 10.2. The molecule has 7 amide bonds. The molecule has 4 heterocycles. The minimum atomic E-state index is -1.02. The second-order valence-electron chi connectivity index (χ2n) is 14.5. The fraction of sp³-hybridized carbons (Fsp3) is 0.375. The lowest BCUT2D eigenvalue weighted by molar-refractivity contribution is -0.136. The lowest BCUT2D eigenvalue weighted by Crippen LogP contribution is -2.54. The van der Waals surface area contributed by atoms with Crippen LogP contribution in [-0.4, -0.2) is 105 Å². The van der Waals surface area contributed by atoms with E-state index in [0.29, 0.717) is 66.7 Å². The summed E-state index contributed by atoms with van der Waals surface area (Å²) >= 11 is 0. The number of unbranched alkanes of at least 4 members (excludes halogenated alkanes) is 2. The van der Waals surface area contributed by atoms with E-state index in [1.165, 1.54) is 20.2 Å². The van der Waals surface area contributed by atoms with E-state index >= 15 is 0 Å². The molecule has 7 rings (SSSR count). The van der Waals surface area contributed by atoms with Crippen molar-refractivity contribution in [3.8, 4) is 17.1 Å². The number of carbonyl (C=O) groups excluding carboxylic acids is 7. The van der Waals surface area contributed by atoms with E-state index in [0.717, 1.165) is 30.6 Å². The van der Waals surface area contributed by atoms with Crippen molar-refractivity contribution in [1.29, 1.82) is 0 Å². The number of nitrogens with one attached hydrogen (secondary N) is 6. The van der Waals surface area contributed by atoms with Gasteiger partial charge in [-0.2, -0.15) is 5.10 Å². The number of aromatic nitrogens is 5. The second-order valence-corrected chi connectivity index (χ2v) is 14.5. The smallest absolute Gasteiger partial charge is 0.273 e. The highest BCUT2D eigenvalue weighted by Gasteiger charge is 2.44. The number of ether oxygens (including phenoxy) is 1. The monoisotopic (exact) mass is 820 g/mol. The van der Waals surface area contributed by atoms with Crippen molar-refractivity contribution in [3.63, 3.8) is 0 Å². The Balaban J connectivity index is 0.852. The van der Waals surface area contributed by atoms with E-state index in [1.54, 1.807) is 47.4 Å². The average molecular weight is 821 g/mol. The molecule has 60 heavy (non-hydrogen) atoms. The summed E-state index contributed by atoms with van der Waals surface area (Å²) in [6.45, 7) is 1.28.